The summed E-state index contributed by atoms with van der Waals surface area (Å²) in [7, 11) is 0. The van der Waals surface area contributed by atoms with Gasteiger partial charge >= 0.3 is 0 Å². The fourth-order valence-corrected chi connectivity index (χ4v) is 1.72. The van der Waals surface area contributed by atoms with Gasteiger partial charge in [0.25, 0.3) is 5.69 Å². The van der Waals surface area contributed by atoms with Crippen molar-refractivity contribution in [3.63, 3.8) is 0 Å². The van der Waals surface area contributed by atoms with Gasteiger partial charge in [0.1, 0.15) is 12.4 Å². The van der Waals surface area contributed by atoms with Crippen LogP contribution in [0, 0.1) is 16.0 Å². The minimum atomic E-state index is -0.404. The maximum absolute atomic E-state index is 10.8. The number of hydrogen-bond donors (Lipinski definition) is 1. The van der Waals surface area contributed by atoms with Crippen molar-refractivity contribution >= 4 is 21.6 Å². The van der Waals surface area contributed by atoms with E-state index in [4.69, 9.17) is 4.74 Å². The maximum atomic E-state index is 10.8. The van der Waals surface area contributed by atoms with Gasteiger partial charge in [-0.2, -0.15) is 0 Å². The summed E-state index contributed by atoms with van der Waals surface area (Å²) in [6.45, 7) is 9.61. The molecule has 1 aromatic rings. The van der Waals surface area contributed by atoms with E-state index in [-0.39, 0.29) is 5.69 Å². The van der Waals surface area contributed by atoms with Crippen LogP contribution >= 0.6 is 15.9 Å². The van der Waals surface area contributed by atoms with Crippen LogP contribution in [0.15, 0.2) is 29.3 Å². The normalized spacial score (nSPS) is 10.6. The van der Waals surface area contributed by atoms with Crippen molar-refractivity contribution in [1.29, 1.82) is 0 Å². The molecule has 0 aliphatic carbocycles. The van der Waals surface area contributed by atoms with Crippen LogP contribution in [-0.4, -0.2) is 18.1 Å². The zero-order chi connectivity index (χ0) is 15.1. The summed E-state index contributed by atoms with van der Waals surface area (Å²) < 4.78 is 6.30. The number of nitrogens with zero attached hydrogens (tertiary/aromatic N) is 1. The monoisotopic (exact) mass is 342 g/mol. The zero-order valence-corrected chi connectivity index (χ0v) is 13.3. The number of non-ortho nitro benzene ring substituents is 1. The van der Waals surface area contributed by atoms with Gasteiger partial charge in [-0.1, -0.05) is 36.4 Å². The first-order valence-electron chi connectivity index (χ1n) is 6.34. The molecule has 0 spiro atoms. The molecule has 0 saturated carbocycles. The van der Waals surface area contributed by atoms with E-state index in [9.17, 15) is 10.1 Å². The van der Waals surface area contributed by atoms with Gasteiger partial charge < -0.3 is 10.1 Å². The van der Waals surface area contributed by atoms with Crippen LogP contribution < -0.4 is 10.1 Å². The molecule has 0 saturated heterocycles. The molecule has 0 heterocycles. The predicted molar refractivity (Wildman–Crippen MR) is 83.2 cm³/mol. The van der Waals surface area contributed by atoms with Crippen molar-refractivity contribution in [2.24, 2.45) is 5.92 Å². The number of rotatable bonds is 8. The molecule has 0 fully saturated rings. The number of halogens is 1. The number of nitro groups is 1. The van der Waals surface area contributed by atoms with Crippen molar-refractivity contribution in [1.82, 2.24) is 5.32 Å². The van der Waals surface area contributed by atoms with Gasteiger partial charge in [0.05, 0.1) is 4.92 Å². The number of nitro benzene ring substituents is 1. The van der Waals surface area contributed by atoms with Crippen molar-refractivity contribution < 1.29 is 9.66 Å². The van der Waals surface area contributed by atoms with Crippen LogP contribution in [0.2, 0.25) is 0 Å². The van der Waals surface area contributed by atoms with Gasteiger partial charge in [-0.3, -0.25) is 10.1 Å². The highest BCUT2D eigenvalue weighted by Gasteiger charge is 2.12. The summed E-state index contributed by atoms with van der Waals surface area (Å²) in [6.07, 6.45) is 0. The van der Waals surface area contributed by atoms with E-state index in [1.807, 2.05) is 0 Å². The van der Waals surface area contributed by atoms with E-state index in [0.717, 1.165) is 16.6 Å². The Morgan fingerprint density at radius 1 is 1.55 bits per heavy atom. The molecule has 0 bridgehead atoms. The molecule has 110 valence electrons. The molecule has 6 heteroatoms. The van der Waals surface area contributed by atoms with Crippen molar-refractivity contribution in [2.75, 3.05) is 13.2 Å². The smallest absolute Gasteiger partial charge is 0.270 e. The first kappa shape index (κ1) is 16.7. The summed E-state index contributed by atoms with van der Waals surface area (Å²) in [5.74, 6) is 1.15. The Balaban J connectivity index is 2.85. The minimum absolute atomic E-state index is 0.0661. The van der Waals surface area contributed by atoms with E-state index in [1.54, 1.807) is 12.1 Å². The Labute approximate surface area is 127 Å². The second kappa shape index (κ2) is 8.01. The lowest BCUT2D eigenvalue weighted by Gasteiger charge is -2.13. The number of nitrogens with one attached hydrogen (secondary N) is 1. The Morgan fingerprint density at radius 2 is 2.25 bits per heavy atom. The Kier molecular flexibility index (Phi) is 6.67. The van der Waals surface area contributed by atoms with E-state index < -0.39 is 4.92 Å². The summed E-state index contributed by atoms with van der Waals surface area (Å²) in [5.41, 5.74) is 0.838. The van der Waals surface area contributed by atoms with Gasteiger partial charge in [0.2, 0.25) is 0 Å². The lowest BCUT2D eigenvalue weighted by atomic mass is 10.1. The van der Waals surface area contributed by atoms with Gasteiger partial charge in [-0.05, 0) is 18.5 Å². The van der Waals surface area contributed by atoms with Crippen molar-refractivity contribution in [2.45, 2.75) is 20.4 Å². The summed E-state index contributed by atoms with van der Waals surface area (Å²) in [6, 6.07) is 4.61. The molecule has 0 atom stereocenters. The maximum Gasteiger partial charge on any atom is 0.270 e. The third-order valence-electron chi connectivity index (χ3n) is 2.51. The highest BCUT2D eigenvalue weighted by Crippen LogP contribution is 2.25. The first-order chi connectivity index (χ1) is 9.40. The Morgan fingerprint density at radius 3 is 2.80 bits per heavy atom. The molecule has 0 aliphatic rings. The second-order valence-electron chi connectivity index (χ2n) is 4.88. The molecular formula is C14H19BrN2O3. The lowest BCUT2D eigenvalue weighted by molar-refractivity contribution is -0.384. The summed E-state index contributed by atoms with van der Waals surface area (Å²) in [5, 5.41) is 14.1. The number of benzene rings is 1. The minimum Gasteiger partial charge on any atom is -0.488 e. The number of hydrogen-bond acceptors (Lipinski definition) is 4. The second-order valence-corrected chi connectivity index (χ2v) is 6.00. The molecule has 0 aliphatic heterocycles. The van der Waals surface area contributed by atoms with Crippen LogP contribution in [0.4, 0.5) is 5.69 Å². The molecule has 1 rings (SSSR count). The SMILES string of the molecule is C=C(Br)COc1ccc([N+](=O)[O-])cc1CNCC(C)C. The van der Waals surface area contributed by atoms with Gasteiger partial charge in [-0.15, -0.1) is 0 Å². The quantitative estimate of drug-likeness (QED) is 0.578. The molecule has 1 N–H and O–H groups in total. The Bertz CT molecular complexity index is 489. The highest BCUT2D eigenvalue weighted by molar-refractivity contribution is 9.11. The average molecular weight is 343 g/mol. The molecule has 0 aromatic heterocycles. The molecular weight excluding hydrogens is 324 g/mol. The lowest BCUT2D eigenvalue weighted by Crippen LogP contribution is -2.19. The molecule has 1 aromatic carbocycles. The third-order valence-corrected chi connectivity index (χ3v) is 2.74. The molecule has 20 heavy (non-hydrogen) atoms. The van der Waals surface area contributed by atoms with Crippen LogP contribution in [0.1, 0.15) is 19.4 Å². The largest absolute Gasteiger partial charge is 0.488 e. The fraction of sp³-hybridized carbons (Fsp3) is 0.429. The standard InChI is InChI=1S/C14H19BrN2O3/c1-10(2)7-16-8-12-6-13(17(18)19)4-5-14(12)20-9-11(3)15/h4-6,10,16H,3,7-9H2,1-2H3. The molecule has 0 amide bonds. The van der Waals surface area contributed by atoms with E-state index in [1.165, 1.54) is 6.07 Å². The topological polar surface area (TPSA) is 64.4 Å². The zero-order valence-electron chi connectivity index (χ0n) is 11.7. The van der Waals surface area contributed by atoms with Crippen molar-refractivity contribution in [3.8, 4) is 5.75 Å². The molecule has 5 nitrogen and oxygen atoms in total. The van der Waals surface area contributed by atoms with E-state index >= 15 is 0 Å². The van der Waals surface area contributed by atoms with Crippen molar-refractivity contribution in [3.05, 3.63) is 44.9 Å². The van der Waals surface area contributed by atoms with Gasteiger partial charge in [0, 0.05) is 28.7 Å². The van der Waals surface area contributed by atoms with Crippen LogP contribution in [-0.2, 0) is 6.54 Å². The predicted octanol–water partition coefficient (Wildman–Crippen LogP) is 3.63. The summed E-state index contributed by atoms with van der Waals surface area (Å²) >= 11 is 3.22. The summed E-state index contributed by atoms with van der Waals surface area (Å²) in [4.78, 5) is 10.4. The number of ether oxygens (including phenoxy) is 1. The molecule has 0 radical (unpaired) electrons. The first-order valence-corrected chi connectivity index (χ1v) is 7.13. The van der Waals surface area contributed by atoms with E-state index in [0.29, 0.717) is 24.8 Å². The average Bonchev–Trinajstić information content (AvgIpc) is 2.36. The van der Waals surface area contributed by atoms with Crippen LogP contribution in [0.25, 0.3) is 0 Å². The van der Waals surface area contributed by atoms with Crippen LogP contribution in [0.3, 0.4) is 0 Å². The van der Waals surface area contributed by atoms with Gasteiger partial charge in [0.15, 0.2) is 0 Å². The van der Waals surface area contributed by atoms with Crippen LogP contribution in [0.5, 0.6) is 5.75 Å². The van der Waals surface area contributed by atoms with E-state index in [2.05, 4.69) is 41.7 Å². The highest BCUT2D eigenvalue weighted by atomic mass is 79.9. The fourth-order valence-electron chi connectivity index (χ4n) is 1.61. The van der Waals surface area contributed by atoms with Gasteiger partial charge in [-0.25, -0.2) is 0 Å². The third kappa shape index (κ3) is 5.71. The Hall–Kier alpha value is -1.40. The molecule has 0 unspecified atom stereocenters.